The predicted octanol–water partition coefficient (Wildman–Crippen LogP) is 3.58. The highest BCUT2D eigenvalue weighted by atomic mass is 16.5. The fourth-order valence-corrected chi connectivity index (χ4v) is 2.59. The van der Waals surface area contributed by atoms with Gasteiger partial charge in [0.25, 0.3) is 0 Å². The van der Waals surface area contributed by atoms with Gasteiger partial charge in [0.1, 0.15) is 0 Å². The number of ether oxygens (including phenoxy) is 1. The van der Waals surface area contributed by atoms with Crippen LogP contribution < -0.4 is 5.32 Å². The fraction of sp³-hybridized carbons (Fsp3) is 0.389. The standard InChI is InChI=1S/C18H24N2O/c1-3-7-17(14-21-2)20-18(15-8-5-4-6-9-15)16-10-12-19-13-11-16/h4-6,8-13,17-18,20H,3,7,14H2,1-2H3. The van der Waals surface area contributed by atoms with Crippen molar-refractivity contribution >= 4 is 0 Å². The van der Waals surface area contributed by atoms with Crippen molar-refractivity contribution in [3.8, 4) is 0 Å². The summed E-state index contributed by atoms with van der Waals surface area (Å²) in [4.78, 5) is 4.12. The van der Waals surface area contributed by atoms with Gasteiger partial charge in [-0.1, -0.05) is 43.7 Å². The van der Waals surface area contributed by atoms with Crippen molar-refractivity contribution in [2.45, 2.75) is 31.8 Å². The van der Waals surface area contributed by atoms with Crippen molar-refractivity contribution in [3.63, 3.8) is 0 Å². The maximum Gasteiger partial charge on any atom is 0.0616 e. The SMILES string of the molecule is CCCC(COC)NC(c1ccccc1)c1ccncc1. The van der Waals surface area contributed by atoms with Crippen LogP contribution in [0.25, 0.3) is 0 Å². The van der Waals surface area contributed by atoms with Crippen molar-refractivity contribution in [1.29, 1.82) is 0 Å². The Bertz CT molecular complexity index is 456. The molecule has 21 heavy (non-hydrogen) atoms. The molecule has 1 aromatic carbocycles. The van der Waals surface area contributed by atoms with Crippen LogP contribution in [0.15, 0.2) is 54.9 Å². The summed E-state index contributed by atoms with van der Waals surface area (Å²) in [6, 6.07) is 15.2. The minimum atomic E-state index is 0.167. The smallest absolute Gasteiger partial charge is 0.0616 e. The minimum absolute atomic E-state index is 0.167. The van der Waals surface area contributed by atoms with E-state index in [-0.39, 0.29) is 6.04 Å². The Labute approximate surface area is 127 Å². The lowest BCUT2D eigenvalue weighted by Crippen LogP contribution is -2.36. The van der Waals surface area contributed by atoms with Crippen LogP contribution in [0, 0.1) is 0 Å². The summed E-state index contributed by atoms with van der Waals surface area (Å²) in [7, 11) is 1.76. The predicted molar refractivity (Wildman–Crippen MR) is 86.2 cm³/mol. The number of hydrogen-bond donors (Lipinski definition) is 1. The van der Waals surface area contributed by atoms with E-state index < -0.39 is 0 Å². The van der Waals surface area contributed by atoms with Crippen LogP contribution in [-0.4, -0.2) is 24.7 Å². The van der Waals surface area contributed by atoms with Gasteiger partial charge in [0.2, 0.25) is 0 Å². The molecule has 0 saturated carbocycles. The number of aromatic nitrogens is 1. The second-order valence-electron chi connectivity index (χ2n) is 5.23. The highest BCUT2D eigenvalue weighted by Gasteiger charge is 2.18. The Morgan fingerprint density at radius 1 is 1.05 bits per heavy atom. The van der Waals surface area contributed by atoms with Crippen LogP contribution in [0.3, 0.4) is 0 Å². The molecule has 3 heteroatoms. The Morgan fingerprint density at radius 2 is 1.71 bits per heavy atom. The number of nitrogens with one attached hydrogen (secondary N) is 1. The summed E-state index contributed by atoms with van der Waals surface area (Å²) in [5.41, 5.74) is 2.49. The third-order valence-corrected chi connectivity index (χ3v) is 3.58. The first kappa shape index (κ1) is 15.7. The zero-order valence-corrected chi connectivity index (χ0v) is 12.8. The molecule has 0 amide bonds. The summed E-state index contributed by atoms with van der Waals surface area (Å²) < 4.78 is 5.35. The molecular weight excluding hydrogens is 260 g/mol. The molecule has 0 fully saturated rings. The second-order valence-corrected chi connectivity index (χ2v) is 5.23. The number of rotatable bonds is 8. The Morgan fingerprint density at radius 3 is 2.33 bits per heavy atom. The minimum Gasteiger partial charge on any atom is -0.383 e. The van der Waals surface area contributed by atoms with E-state index >= 15 is 0 Å². The normalized spacial score (nSPS) is 13.8. The van der Waals surface area contributed by atoms with Crippen LogP contribution in [-0.2, 0) is 4.74 Å². The zero-order valence-electron chi connectivity index (χ0n) is 12.8. The zero-order chi connectivity index (χ0) is 14.9. The lowest BCUT2D eigenvalue weighted by Gasteiger charge is -2.26. The van der Waals surface area contributed by atoms with Crippen LogP contribution >= 0.6 is 0 Å². The van der Waals surface area contributed by atoms with E-state index in [9.17, 15) is 0 Å². The van der Waals surface area contributed by atoms with E-state index in [1.165, 1.54) is 11.1 Å². The van der Waals surface area contributed by atoms with Gasteiger partial charge < -0.3 is 10.1 Å². The molecule has 1 aromatic heterocycles. The molecule has 0 spiro atoms. The van der Waals surface area contributed by atoms with E-state index in [0.717, 1.165) is 19.4 Å². The maximum atomic E-state index is 5.35. The molecule has 2 atom stereocenters. The quantitative estimate of drug-likeness (QED) is 0.804. The number of methoxy groups -OCH3 is 1. The first-order valence-corrected chi connectivity index (χ1v) is 7.55. The molecule has 2 aromatic rings. The van der Waals surface area contributed by atoms with Gasteiger partial charge in [-0.15, -0.1) is 0 Å². The van der Waals surface area contributed by atoms with Gasteiger partial charge in [-0.25, -0.2) is 0 Å². The molecule has 2 rings (SSSR count). The van der Waals surface area contributed by atoms with E-state index in [4.69, 9.17) is 4.74 Å². The first-order chi connectivity index (χ1) is 10.3. The van der Waals surface area contributed by atoms with Crippen molar-refractivity contribution in [1.82, 2.24) is 10.3 Å². The highest BCUT2D eigenvalue weighted by molar-refractivity contribution is 5.30. The van der Waals surface area contributed by atoms with Gasteiger partial charge in [-0.05, 0) is 29.7 Å². The molecule has 3 nitrogen and oxygen atoms in total. The monoisotopic (exact) mass is 284 g/mol. The molecular formula is C18H24N2O. The van der Waals surface area contributed by atoms with Crippen LogP contribution in [0.1, 0.15) is 36.9 Å². The Balaban J connectivity index is 2.24. The van der Waals surface area contributed by atoms with Crippen LogP contribution in [0.5, 0.6) is 0 Å². The summed E-state index contributed by atoms with van der Waals surface area (Å²) in [5, 5.41) is 3.74. The topological polar surface area (TPSA) is 34.1 Å². The van der Waals surface area contributed by atoms with E-state index in [1.54, 1.807) is 7.11 Å². The lowest BCUT2D eigenvalue weighted by molar-refractivity contribution is 0.158. The Kier molecular flexibility index (Phi) is 6.38. The number of pyridine rings is 1. The van der Waals surface area contributed by atoms with E-state index in [2.05, 4.69) is 53.6 Å². The summed E-state index contributed by atoms with van der Waals surface area (Å²) in [6.07, 6.45) is 5.93. The van der Waals surface area contributed by atoms with Gasteiger partial charge in [0, 0.05) is 25.5 Å². The largest absolute Gasteiger partial charge is 0.383 e. The summed E-state index contributed by atoms with van der Waals surface area (Å²) in [5.74, 6) is 0. The molecule has 2 unspecified atom stereocenters. The van der Waals surface area contributed by atoms with Crippen molar-refractivity contribution in [2.24, 2.45) is 0 Å². The first-order valence-electron chi connectivity index (χ1n) is 7.55. The van der Waals surface area contributed by atoms with Gasteiger partial charge >= 0.3 is 0 Å². The van der Waals surface area contributed by atoms with Gasteiger partial charge in [-0.2, -0.15) is 0 Å². The molecule has 1 N–H and O–H groups in total. The van der Waals surface area contributed by atoms with Crippen LogP contribution in [0.2, 0.25) is 0 Å². The van der Waals surface area contributed by atoms with E-state index in [1.807, 2.05) is 18.5 Å². The molecule has 0 bridgehead atoms. The molecule has 112 valence electrons. The van der Waals surface area contributed by atoms with Gasteiger partial charge in [0.05, 0.1) is 12.6 Å². The van der Waals surface area contributed by atoms with Crippen molar-refractivity contribution < 1.29 is 4.74 Å². The average Bonchev–Trinajstić information content (AvgIpc) is 2.54. The van der Waals surface area contributed by atoms with Crippen LogP contribution in [0.4, 0.5) is 0 Å². The lowest BCUT2D eigenvalue weighted by atomic mass is 9.98. The summed E-state index contributed by atoms with van der Waals surface area (Å²) >= 11 is 0. The average molecular weight is 284 g/mol. The number of benzene rings is 1. The molecule has 1 heterocycles. The van der Waals surface area contributed by atoms with Gasteiger partial charge in [-0.3, -0.25) is 4.98 Å². The molecule has 0 saturated heterocycles. The number of hydrogen-bond acceptors (Lipinski definition) is 3. The van der Waals surface area contributed by atoms with E-state index in [0.29, 0.717) is 6.04 Å². The maximum absolute atomic E-state index is 5.35. The second kappa shape index (κ2) is 8.55. The fourth-order valence-electron chi connectivity index (χ4n) is 2.59. The van der Waals surface area contributed by atoms with Crippen molar-refractivity contribution in [3.05, 3.63) is 66.0 Å². The third kappa shape index (κ3) is 4.66. The Hall–Kier alpha value is -1.71. The molecule has 0 aliphatic rings. The van der Waals surface area contributed by atoms with Gasteiger partial charge in [0.15, 0.2) is 0 Å². The molecule has 0 aliphatic carbocycles. The number of nitrogens with zero attached hydrogens (tertiary/aromatic N) is 1. The molecule has 0 aliphatic heterocycles. The highest BCUT2D eigenvalue weighted by Crippen LogP contribution is 2.22. The third-order valence-electron chi connectivity index (χ3n) is 3.58. The van der Waals surface area contributed by atoms with Crippen molar-refractivity contribution in [2.75, 3.05) is 13.7 Å². The summed E-state index contributed by atoms with van der Waals surface area (Å²) in [6.45, 7) is 2.93. The molecule has 0 radical (unpaired) electrons.